The Bertz CT molecular complexity index is 818. The van der Waals surface area contributed by atoms with Gasteiger partial charge in [-0.05, 0) is 37.1 Å². The van der Waals surface area contributed by atoms with Crippen LogP contribution < -0.4 is 16.0 Å². The topological polar surface area (TPSA) is 70.2 Å². The maximum absolute atomic E-state index is 13.8. The highest BCUT2D eigenvalue weighted by Crippen LogP contribution is 2.30. The lowest BCUT2D eigenvalue weighted by atomic mass is 10.0. The van der Waals surface area contributed by atoms with Crippen molar-refractivity contribution in [2.24, 2.45) is 0 Å². The molecule has 8 heteroatoms. The summed E-state index contributed by atoms with van der Waals surface area (Å²) in [6.07, 6.45) is 0. The molecular weight excluding hydrogens is 392 g/mol. The van der Waals surface area contributed by atoms with E-state index < -0.39 is 29.8 Å². The normalized spacial score (nSPS) is 12.9. The number of carbonyl (C=O) groups excluding carboxylic acids is 2. The Hall–Kier alpha value is -2.15. The van der Waals surface area contributed by atoms with E-state index >= 15 is 0 Å². The van der Waals surface area contributed by atoms with Crippen LogP contribution in [0.25, 0.3) is 0 Å². The number of carbonyl (C=O) groups is 2. The second-order valence-corrected chi connectivity index (χ2v) is 6.68. The molecule has 0 radical (unpaired) electrons. The number of benzene rings is 2. The maximum Gasteiger partial charge on any atom is 0.321 e. The number of hydrogen-bond acceptors (Lipinski definition) is 3. The monoisotopic (exact) mass is 411 g/mol. The number of nitrogens with one attached hydrogen (secondary N) is 3. The van der Waals surface area contributed by atoms with Crippen LogP contribution in [0.4, 0.5) is 9.18 Å². The minimum absolute atomic E-state index is 0.0791. The van der Waals surface area contributed by atoms with Crippen LogP contribution >= 0.6 is 23.2 Å². The van der Waals surface area contributed by atoms with Gasteiger partial charge in [0.05, 0.1) is 5.02 Å². The number of halogens is 3. The number of rotatable bonds is 6. The lowest BCUT2D eigenvalue weighted by molar-refractivity contribution is -0.122. The lowest BCUT2D eigenvalue weighted by Gasteiger charge is -2.24. The Morgan fingerprint density at radius 1 is 1.11 bits per heavy atom. The van der Waals surface area contributed by atoms with Crippen molar-refractivity contribution in [1.29, 1.82) is 0 Å². The summed E-state index contributed by atoms with van der Waals surface area (Å²) < 4.78 is 13.8. The van der Waals surface area contributed by atoms with Gasteiger partial charge in [0.2, 0.25) is 5.91 Å². The lowest BCUT2D eigenvalue weighted by Crippen LogP contribution is -2.45. The van der Waals surface area contributed by atoms with Gasteiger partial charge in [-0.3, -0.25) is 15.4 Å². The molecule has 0 unspecified atom stereocenters. The number of amides is 3. The van der Waals surface area contributed by atoms with Gasteiger partial charge in [-0.1, -0.05) is 53.5 Å². The number of urea groups is 1. The molecule has 27 heavy (non-hydrogen) atoms. The molecule has 0 heterocycles. The predicted octanol–water partition coefficient (Wildman–Crippen LogP) is 4.37. The molecule has 0 spiro atoms. The molecule has 2 aromatic carbocycles. The van der Waals surface area contributed by atoms with E-state index in [2.05, 4.69) is 16.0 Å². The molecule has 5 nitrogen and oxygen atoms in total. The first kappa shape index (κ1) is 21.2. The van der Waals surface area contributed by atoms with E-state index in [0.717, 1.165) is 0 Å². The summed E-state index contributed by atoms with van der Waals surface area (Å²) >= 11 is 11.9. The predicted molar refractivity (Wildman–Crippen MR) is 104 cm³/mol. The van der Waals surface area contributed by atoms with E-state index in [1.165, 1.54) is 12.1 Å². The first-order chi connectivity index (χ1) is 12.8. The SMILES string of the molecule is CCNC(=O)NC(=O)[C@@H](N[C@@H](C)c1cc(F)c(Cl)cc1Cl)c1ccccc1. The fourth-order valence-electron chi connectivity index (χ4n) is 2.57. The van der Waals surface area contributed by atoms with Gasteiger partial charge in [0.25, 0.3) is 0 Å². The third-order valence-electron chi connectivity index (χ3n) is 3.89. The quantitative estimate of drug-likeness (QED) is 0.618. The van der Waals surface area contributed by atoms with Crippen molar-refractivity contribution in [3.8, 4) is 0 Å². The van der Waals surface area contributed by atoms with Crippen LogP contribution in [0.15, 0.2) is 42.5 Å². The third-order valence-corrected chi connectivity index (χ3v) is 4.51. The fraction of sp³-hybridized carbons (Fsp3) is 0.263. The van der Waals surface area contributed by atoms with Gasteiger partial charge >= 0.3 is 6.03 Å². The van der Waals surface area contributed by atoms with Crippen molar-refractivity contribution < 1.29 is 14.0 Å². The maximum atomic E-state index is 13.8. The third kappa shape index (κ3) is 5.66. The molecule has 0 saturated heterocycles. The number of imide groups is 1. The van der Waals surface area contributed by atoms with Crippen LogP contribution in [0.2, 0.25) is 10.0 Å². The van der Waals surface area contributed by atoms with Crippen molar-refractivity contribution in [1.82, 2.24) is 16.0 Å². The van der Waals surface area contributed by atoms with Crippen molar-refractivity contribution >= 4 is 35.1 Å². The van der Waals surface area contributed by atoms with Crippen LogP contribution in [-0.2, 0) is 4.79 Å². The van der Waals surface area contributed by atoms with Crippen LogP contribution in [-0.4, -0.2) is 18.5 Å². The summed E-state index contributed by atoms with van der Waals surface area (Å²) in [5.41, 5.74) is 1.10. The standard InChI is InChI=1S/C19H20Cl2FN3O2/c1-3-23-19(27)25-18(26)17(12-7-5-4-6-8-12)24-11(2)13-9-16(22)15(21)10-14(13)20/h4-11,17,24H,3H2,1-2H3,(H2,23,25,26,27)/t11-,17-/m0/s1. The van der Waals surface area contributed by atoms with E-state index in [9.17, 15) is 14.0 Å². The molecule has 0 aliphatic heterocycles. The summed E-state index contributed by atoms with van der Waals surface area (Å²) in [5, 5.41) is 8.09. The first-order valence-corrected chi connectivity index (χ1v) is 9.13. The Kier molecular flexibility index (Phi) is 7.59. The highest BCUT2D eigenvalue weighted by Gasteiger charge is 2.25. The molecule has 0 saturated carbocycles. The van der Waals surface area contributed by atoms with Crippen molar-refractivity contribution in [3.63, 3.8) is 0 Å². The van der Waals surface area contributed by atoms with E-state index in [4.69, 9.17) is 23.2 Å². The van der Waals surface area contributed by atoms with Gasteiger partial charge < -0.3 is 5.32 Å². The van der Waals surface area contributed by atoms with Gasteiger partial charge in [0.15, 0.2) is 0 Å². The summed E-state index contributed by atoms with van der Waals surface area (Å²) in [5.74, 6) is -1.14. The van der Waals surface area contributed by atoms with Crippen molar-refractivity contribution in [2.45, 2.75) is 25.9 Å². The molecule has 0 bridgehead atoms. The molecular formula is C19H20Cl2FN3O2. The zero-order valence-corrected chi connectivity index (χ0v) is 16.4. The van der Waals surface area contributed by atoms with Gasteiger partial charge in [0, 0.05) is 17.6 Å². The zero-order valence-electron chi connectivity index (χ0n) is 14.9. The Labute approximate surface area is 167 Å². The summed E-state index contributed by atoms with van der Waals surface area (Å²) in [7, 11) is 0. The Balaban J connectivity index is 2.27. The largest absolute Gasteiger partial charge is 0.338 e. The highest BCUT2D eigenvalue weighted by molar-refractivity contribution is 6.35. The number of hydrogen-bond donors (Lipinski definition) is 3. The minimum atomic E-state index is -0.849. The average molecular weight is 412 g/mol. The first-order valence-electron chi connectivity index (χ1n) is 8.37. The molecule has 0 aliphatic rings. The van der Waals surface area contributed by atoms with E-state index in [0.29, 0.717) is 17.7 Å². The van der Waals surface area contributed by atoms with Crippen molar-refractivity contribution in [3.05, 3.63) is 69.5 Å². The van der Waals surface area contributed by atoms with E-state index in [1.807, 2.05) is 6.07 Å². The Morgan fingerprint density at radius 3 is 2.41 bits per heavy atom. The summed E-state index contributed by atoms with van der Waals surface area (Å²) in [4.78, 5) is 24.4. The van der Waals surface area contributed by atoms with Gasteiger partial charge in [-0.15, -0.1) is 0 Å². The molecule has 2 aromatic rings. The minimum Gasteiger partial charge on any atom is -0.338 e. The molecule has 2 atom stereocenters. The van der Waals surface area contributed by atoms with Crippen LogP contribution in [0.1, 0.15) is 37.1 Å². The second-order valence-electron chi connectivity index (χ2n) is 5.87. The van der Waals surface area contributed by atoms with Crippen LogP contribution in [0.3, 0.4) is 0 Å². The second kappa shape index (κ2) is 9.69. The van der Waals surface area contributed by atoms with Crippen molar-refractivity contribution in [2.75, 3.05) is 6.54 Å². The summed E-state index contributed by atoms with van der Waals surface area (Å²) in [6.45, 7) is 3.87. The fourth-order valence-corrected chi connectivity index (χ4v) is 3.11. The molecule has 0 aromatic heterocycles. The van der Waals surface area contributed by atoms with Crippen LogP contribution in [0, 0.1) is 5.82 Å². The summed E-state index contributed by atoms with van der Waals surface area (Å²) in [6, 6.07) is 9.51. The highest BCUT2D eigenvalue weighted by atomic mass is 35.5. The molecule has 3 amide bonds. The van der Waals surface area contributed by atoms with Gasteiger partial charge in [0.1, 0.15) is 11.9 Å². The van der Waals surface area contributed by atoms with E-state index in [1.54, 1.807) is 38.1 Å². The average Bonchev–Trinajstić information content (AvgIpc) is 2.63. The van der Waals surface area contributed by atoms with Crippen LogP contribution in [0.5, 0.6) is 0 Å². The van der Waals surface area contributed by atoms with Gasteiger partial charge in [-0.25, -0.2) is 9.18 Å². The van der Waals surface area contributed by atoms with E-state index in [-0.39, 0.29) is 10.0 Å². The zero-order chi connectivity index (χ0) is 20.0. The molecule has 2 rings (SSSR count). The molecule has 3 N–H and O–H groups in total. The molecule has 0 aliphatic carbocycles. The Morgan fingerprint density at radius 2 is 1.78 bits per heavy atom. The smallest absolute Gasteiger partial charge is 0.321 e. The molecule has 0 fully saturated rings. The van der Waals surface area contributed by atoms with Gasteiger partial charge in [-0.2, -0.15) is 0 Å². The molecule has 144 valence electrons.